The summed E-state index contributed by atoms with van der Waals surface area (Å²) in [5.41, 5.74) is 1.35. The normalized spacial score (nSPS) is 14.2. The maximum atomic E-state index is 12.3. The Morgan fingerprint density at radius 1 is 1.10 bits per heavy atom. The van der Waals surface area contributed by atoms with Gasteiger partial charge >= 0.3 is 6.03 Å². The van der Waals surface area contributed by atoms with Crippen molar-refractivity contribution in [2.24, 2.45) is 5.41 Å². The average molecular weight is 557 g/mol. The summed E-state index contributed by atoms with van der Waals surface area (Å²) in [6.45, 7) is 11.6. The first kappa shape index (κ1) is 28.7. The third kappa shape index (κ3) is 8.36. The van der Waals surface area contributed by atoms with E-state index in [0.29, 0.717) is 52.4 Å². The van der Waals surface area contributed by atoms with Gasteiger partial charge in [0.15, 0.2) is 11.5 Å². The zero-order valence-corrected chi connectivity index (χ0v) is 23.8. The lowest BCUT2D eigenvalue weighted by molar-refractivity contribution is 0.0321. The largest absolute Gasteiger partial charge is 0.493 e. The van der Waals surface area contributed by atoms with Crippen LogP contribution in [-0.4, -0.2) is 69.0 Å². The minimum atomic E-state index is -0.301. The van der Waals surface area contributed by atoms with Gasteiger partial charge in [-0.2, -0.15) is 0 Å². The van der Waals surface area contributed by atoms with E-state index in [4.69, 9.17) is 30.5 Å². The average Bonchev–Trinajstić information content (AvgIpc) is 2.90. The van der Waals surface area contributed by atoms with E-state index < -0.39 is 0 Å². The zero-order valence-electron chi connectivity index (χ0n) is 23.0. The Hall–Kier alpha value is -3.27. The topological polar surface area (TPSA) is 94.2 Å². The smallest absolute Gasteiger partial charge is 0.319 e. The number of nitrogens with one attached hydrogen (secondary N) is 2. The van der Waals surface area contributed by atoms with E-state index in [0.717, 1.165) is 44.7 Å². The van der Waals surface area contributed by atoms with Gasteiger partial charge in [0, 0.05) is 49.9 Å². The highest BCUT2D eigenvalue weighted by Gasteiger charge is 2.15. The molecule has 4 rings (SSSR count). The van der Waals surface area contributed by atoms with Crippen molar-refractivity contribution < 1.29 is 23.7 Å². The first-order valence-corrected chi connectivity index (χ1v) is 13.5. The van der Waals surface area contributed by atoms with E-state index in [2.05, 4.69) is 41.3 Å². The summed E-state index contributed by atoms with van der Waals surface area (Å²) in [6.07, 6.45) is 2.55. The minimum Gasteiger partial charge on any atom is -0.493 e. The number of benzene rings is 2. The number of methoxy groups -OCH3 is 1. The molecule has 1 aliphatic heterocycles. The Balaban J connectivity index is 1.42. The number of aromatic nitrogens is 1. The molecular formula is C29H37ClN4O5. The van der Waals surface area contributed by atoms with Crippen LogP contribution in [0.4, 0.5) is 10.5 Å². The number of morpholine rings is 1. The molecule has 0 atom stereocenters. The van der Waals surface area contributed by atoms with Gasteiger partial charge in [-0.1, -0.05) is 32.4 Å². The molecule has 1 aromatic heterocycles. The fourth-order valence-electron chi connectivity index (χ4n) is 4.10. The predicted molar refractivity (Wildman–Crippen MR) is 154 cm³/mol. The van der Waals surface area contributed by atoms with Gasteiger partial charge in [-0.3, -0.25) is 9.88 Å². The van der Waals surface area contributed by atoms with Gasteiger partial charge in [0.25, 0.3) is 0 Å². The van der Waals surface area contributed by atoms with E-state index in [-0.39, 0.29) is 11.4 Å². The maximum absolute atomic E-state index is 12.3. The highest BCUT2D eigenvalue weighted by molar-refractivity contribution is 6.33. The summed E-state index contributed by atoms with van der Waals surface area (Å²) in [6, 6.07) is 10.3. The molecule has 39 heavy (non-hydrogen) atoms. The summed E-state index contributed by atoms with van der Waals surface area (Å²) in [4.78, 5) is 19.1. The first-order valence-electron chi connectivity index (χ1n) is 13.1. The van der Waals surface area contributed by atoms with Crippen LogP contribution in [0, 0.1) is 5.41 Å². The molecule has 210 valence electrons. The summed E-state index contributed by atoms with van der Waals surface area (Å²) >= 11 is 6.46. The molecule has 1 aliphatic rings. The Labute approximate surface area is 234 Å². The molecule has 0 radical (unpaired) electrons. The van der Waals surface area contributed by atoms with E-state index >= 15 is 0 Å². The number of hydrogen-bond acceptors (Lipinski definition) is 7. The second-order valence-corrected chi connectivity index (χ2v) is 11.0. The lowest BCUT2D eigenvalue weighted by Crippen LogP contribution is -2.38. The predicted octanol–water partition coefficient (Wildman–Crippen LogP) is 5.96. The van der Waals surface area contributed by atoms with Crippen molar-refractivity contribution in [3.8, 4) is 23.0 Å². The van der Waals surface area contributed by atoms with Crippen LogP contribution in [0.3, 0.4) is 0 Å². The Morgan fingerprint density at radius 3 is 2.62 bits per heavy atom. The standard InChI is InChI=1S/C29H37ClN4O5/c1-29(2,3)8-10-32-28(35)33-23-6-5-20(17-22(23)30)39-25-7-9-31-24-19-27(26(36-4)18-21(24)25)38-16-13-34-11-14-37-15-12-34/h5-7,9,17-19H,8,10-16H2,1-4H3,(H2,32,33,35). The number of fused-ring (bicyclic) bond motifs is 1. The number of anilines is 1. The molecule has 2 aromatic carbocycles. The number of halogens is 1. The number of carbonyl (C=O) groups is 1. The van der Waals surface area contributed by atoms with E-state index in [1.165, 1.54) is 0 Å². The molecular weight excluding hydrogens is 520 g/mol. The van der Waals surface area contributed by atoms with Gasteiger partial charge in [0.05, 0.1) is 36.6 Å². The number of carbonyl (C=O) groups excluding carboxylic acids is 1. The Bertz CT molecular complexity index is 1270. The Kier molecular flexibility index (Phi) is 9.72. The van der Waals surface area contributed by atoms with Crippen LogP contribution in [0.5, 0.6) is 23.0 Å². The van der Waals surface area contributed by atoms with Gasteiger partial charge in [-0.25, -0.2) is 4.79 Å². The number of urea groups is 1. The van der Waals surface area contributed by atoms with Crippen molar-refractivity contribution in [3.63, 3.8) is 0 Å². The monoisotopic (exact) mass is 556 g/mol. The van der Waals surface area contributed by atoms with Gasteiger partial charge in [0.1, 0.15) is 18.1 Å². The van der Waals surface area contributed by atoms with Gasteiger partial charge in [-0.05, 0) is 36.1 Å². The molecule has 0 bridgehead atoms. The molecule has 1 fully saturated rings. The zero-order chi connectivity index (χ0) is 27.8. The van der Waals surface area contributed by atoms with Crippen LogP contribution in [-0.2, 0) is 4.74 Å². The second-order valence-electron chi connectivity index (χ2n) is 10.6. The fraction of sp³-hybridized carbons (Fsp3) is 0.448. The van der Waals surface area contributed by atoms with Gasteiger partial charge in [-0.15, -0.1) is 0 Å². The minimum absolute atomic E-state index is 0.142. The summed E-state index contributed by atoms with van der Waals surface area (Å²) in [5, 5.41) is 6.78. The molecule has 2 heterocycles. The van der Waals surface area contributed by atoms with E-state index in [9.17, 15) is 4.79 Å². The van der Waals surface area contributed by atoms with Crippen LogP contribution in [0.15, 0.2) is 42.6 Å². The van der Waals surface area contributed by atoms with E-state index in [1.54, 1.807) is 37.6 Å². The SMILES string of the molecule is COc1cc2c(Oc3ccc(NC(=O)NCCC(C)(C)C)c(Cl)c3)ccnc2cc1OCCN1CCOCC1. The highest BCUT2D eigenvalue weighted by Crippen LogP contribution is 2.38. The molecule has 0 spiro atoms. The quantitative estimate of drug-likeness (QED) is 0.318. The molecule has 2 N–H and O–H groups in total. The molecule has 0 aliphatic carbocycles. The third-order valence-electron chi connectivity index (χ3n) is 6.33. The van der Waals surface area contributed by atoms with Crippen LogP contribution >= 0.6 is 11.6 Å². The lowest BCUT2D eigenvalue weighted by atomic mass is 9.92. The summed E-state index contributed by atoms with van der Waals surface area (Å²) in [5.74, 6) is 2.34. The molecule has 9 nitrogen and oxygen atoms in total. The molecule has 3 aromatic rings. The van der Waals surface area contributed by atoms with E-state index in [1.807, 2.05) is 12.1 Å². The number of amides is 2. The van der Waals surface area contributed by atoms with Gasteiger partial charge < -0.3 is 29.6 Å². The second kappa shape index (κ2) is 13.2. The van der Waals surface area contributed by atoms with Crippen LogP contribution < -0.4 is 24.8 Å². The first-order chi connectivity index (χ1) is 18.7. The van der Waals surface area contributed by atoms with Crippen LogP contribution in [0.25, 0.3) is 10.9 Å². The van der Waals surface area contributed by atoms with Crippen molar-refractivity contribution in [2.45, 2.75) is 27.2 Å². The highest BCUT2D eigenvalue weighted by atomic mass is 35.5. The van der Waals surface area contributed by atoms with Crippen molar-refractivity contribution in [3.05, 3.63) is 47.6 Å². The molecule has 0 unspecified atom stereocenters. The van der Waals surface area contributed by atoms with Crippen LogP contribution in [0.1, 0.15) is 27.2 Å². The molecule has 10 heteroatoms. The lowest BCUT2D eigenvalue weighted by Gasteiger charge is -2.26. The third-order valence-corrected chi connectivity index (χ3v) is 6.65. The number of hydrogen-bond donors (Lipinski definition) is 2. The fourth-order valence-corrected chi connectivity index (χ4v) is 4.32. The molecule has 2 amide bonds. The number of rotatable bonds is 10. The number of ether oxygens (including phenoxy) is 4. The molecule has 1 saturated heterocycles. The van der Waals surface area contributed by atoms with Gasteiger partial charge in [0.2, 0.25) is 0 Å². The van der Waals surface area contributed by atoms with Crippen molar-refractivity contribution >= 4 is 34.2 Å². The van der Waals surface area contributed by atoms with Crippen LogP contribution in [0.2, 0.25) is 5.02 Å². The molecule has 0 saturated carbocycles. The summed E-state index contributed by atoms with van der Waals surface area (Å²) < 4.78 is 23.2. The number of nitrogens with zero attached hydrogens (tertiary/aromatic N) is 2. The van der Waals surface area contributed by atoms with Crippen molar-refractivity contribution in [2.75, 3.05) is 58.4 Å². The summed E-state index contributed by atoms with van der Waals surface area (Å²) in [7, 11) is 1.61. The maximum Gasteiger partial charge on any atom is 0.319 e. The van der Waals surface area contributed by atoms with Crippen molar-refractivity contribution in [1.29, 1.82) is 0 Å². The Morgan fingerprint density at radius 2 is 1.90 bits per heavy atom. The van der Waals surface area contributed by atoms with Crippen molar-refractivity contribution in [1.82, 2.24) is 15.2 Å². The number of pyridine rings is 1.